The third kappa shape index (κ3) is 1.94. The van der Waals surface area contributed by atoms with Crippen LogP contribution in [0.1, 0.15) is 72.6 Å². The minimum Gasteiger partial charge on any atom is -0.317 e. The number of hydrogen-bond acceptors (Lipinski definition) is 1. The topological polar surface area (TPSA) is 12.0 Å². The van der Waals surface area contributed by atoms with Gasteiger partial charge in [0, 0.05) is 6.04 Å². The second-order valence-electron chi connectivity index (χ2n) is 9.39. The van der Waals surface area contributed by atoms with Gasteiger partial charge in [0.15, 0.2) is 0 Å². The molecule has 0 aromatic rings. The second kappa shape index (κ2) is 3.53. The smallest absolute Gasteiger partial charge is 0.00410 e. The summed E-state index contributed by atoms with van der Waals surface area (Å²) in [6.45, 7) is 10.1. The molecule has 18 heavy (non-hydrogen) atoms. The lowest BCUT2D eigenvalue weighted by molar-refractivity contribution is -0.187. The minimum absolute atomic E-state index is 0.645. The molecule has 4 saturated carbocycles. The van der Waals surface area contributed by atoms with E-state index in [0.29, 0.717) is 27.7 Å². The van der Waals surface area contributed by atoms with Crippen molar-refractivity contribution >= 4 is 0 Å². The molecule has 0 aromatic carbocycles. The second-order valence-corrected chi connectivity index (χ2v) is 9.39. The highest BCUT2D eigenvalue weighted by Crippen LogP contribution is 2.74. The van der Waals surface area contributed by atoms with Crippen molar-refractivity contribution in [2.24, 2.45) is 21.7 Å². The first kappa shape index (κ1) is 13.0. The van der Waals surface area contributed by atoms with Crippen LogP contribution in [0.15, 0.2) is 0 Å². The third-order valence-corrected chi connectivity index (χ3v) is 6.20. The highest BCUT2D eigenvalue weighted by Gasteiger charge is 2.63. The van der Waals surface area contributed by atoms with Crippen LogP contribution in [-0.2, 0) is 0 Å². The summed E-state index contributed by atoms with van der Waals surface area (Å²) in [5.41, 5.74) is 2.58. The van der Waals surface area contributed by atoms with Crippen LogP contribution in [0.2, 0.25) is 0 Å². The van der Waals surface area contributed by atoms with Crippen LogP contribution in [0.25, 0.3) is 0 Å². The van der Waals surface area contributed by atoms with Crippen molar-refractivity contribution in [1.29, 1.82) is 0 Å². The third-order valence-electron chi connectivity index (χ3n) is 6.20. The van der Waals surface area contributed by atoms with E-state index in [4.69, 9.17) is 0 Å². The van der Waals surface area contributed by atoms with E-state index in [-0.39, 0.29) is 0 Å². The van der Waals surface area contributed by atoms with E-state index in [0.717, 1.165) is 0 Å². The molecule has 4 bridgehead atoms. The summed E-state index contributed by atoms with van der Waals surface area (Å²) in [4.78, 5) is 0. The van der Waals surface area contributed by atoms with Crippen LogP contribution in [0, 0.1) is 21.7 Å². The first-order valence-corrected chi connectivity index (χ1v) is 7.87. The van der Waals surface area contributed by atoms with Gasteiger partial charge in [0.25, 0.3) is 0 Å². The van der Waals surface area contributed by atoms with Crippen LogP contribution in [-0.4, -0.2) is 13.1 Å². The maximum absolute atomic E-state index is 3.48. The fourth-order valence-electron chi connectivity index (χ4n) is 7.53. The van der Waals surface area contributed by atoms with Gasteiger partial charge in [-0.1, -0.05) is 20.8 Å². The van der Waals surface area contributed by atoms with Gasteiger partial charge in [-0.05, 0) is 80.6 Å². The highest BCUT2D eigenvalue weighted by atomic mass is 14.9. The number of hydrogen-bond donors (Lipinski definition) is 1. The van der Waals surface area contributed by atoms with Crippen molar-refractivity contribution < 1.29 is 0 Å². The Morgan fingerprint density at radius 1 is 0.833 bits per heavy atom. The normalized spacial score (nSPS) is 55.8. The summed E-state index contributed by atoms with van der Waals surface area (Å²) in [6, 6.07) is 0.678. The predicted octanol–water partition coefficient (Wildman–Crippen LogP) is 4.37. The van der Waals surface area contributed by atoms with Gasteiger partial charge in [0.1, 0.15) is 0 Å². The number of nitrogens with one attached hydrogen (secondary N) is 1. The van der Waals surface area contributed by atoms with Crippen LogP contribution < -0.4 is 5.32 Å². The van der Waals surface area contributed by atoms with E-state index in [1.807, 2.05) is 0 Å². The largest absolute Gasteiger partial charge is 0.317 e. The zero-order chi connectivity index (χ0) is 13.2. The predicted molar refractivity (Wildman–Crippen MR) is 77.6 cm³/mol. The summed E-state index contributed by atoms with van der Waals surface area (Å²) in [5, 5.41) is 3.48. The zero-order valence-electron chi connectivity index (χ0n) is 13.0. The van der Waals surface area contributed by atoms with Gasteiger partial charge >= 0.3 is 0 Å². The van der Waals surface area contributed by atoms with Crippen molar-refractivity contribution in [3.63, 3.8) is 0 Å². The van der Waals surface area contributed by atoms with Crippen LogP contribution in [0.3, 0.4) is 0 Å². The molecule has 0 spiro atoms. The van der Waals surface area contributed by atoms with E-state index < -0.39 is 0 Å². The van der Waals surface area contributed by atoms with Crippen molar-refractivity contribution in [3.05, 3.63) is 0 Å². The minimum atomic E-state index is 0.645. The molecule has 4 aliphatic rings. The van der Waals surface area contributed by atoms with E-state index in [1.165, 1.54) is 44.9 Å². The molecule has 104 valence electrons. The molecular weight excluding hydrogens is 218 g/mol. The van der Waals surface area contributed by atoms with Crippen molar-refractivity contribution in [3.8, 4) is 0 Å². The first-order chi connectivity index (χ1) is 8.20. The van der Waals surface area contributed by atoms with E-state index in [9.17, 15) is 0 Å². The standard InChI is InChI=1S/C17H31N/c1-13(18-5)6-17-10-14(2)7-15(3,11-17)9-16(4,8-14)12-17/h13,18H,6-12H2,1-5H3. The van der Waals surface area contributed by atoms with Crippen LogP contribution in [0.5, 0.6) is 0 Å². The average Bonchev–Trinajstić information content (AvgIpc) is 2.08. The number of rotatable bonds is 3. The van der Waals surface area contributed by atoms with Crippen LogP contribution in [0.4, 0.5) is 0 Å². The Kier molecular flexibility index (Phi) is 2.55. The fourth-order valence-corrected chi connectivity index (χ4v) is 7.53. The molecule has 0 saturated heterocycles. The average molecular weight is 249 g/mol. The lowest BCUT2D eigenvalue weighted by atomic mass is 9.36. The molecule has 1 unspecified atom stereocenters. The molecule has 0 aliphatic heterocycles. The van der Waals surface area contributed by atoms with Gasteiger partial charge in [0.2, 0.25) is 0 Å². The molecular formula is C17H31N. The first-order valence-electron chi connectivity index (χ1n) is 7.87. The lowest BCUT2D eigenvalue weighted by Crippen LogP contribution is -2.59. The van der Waals surface area contributed by atoms with Crippen molar-refractivity contribution in [2.75, 3.05) is 7.05 Å². The Hall–Kier alpha value is -0.0400. The van der Waals surface area contributed by atoms with E-state index >= 15 is 0 Å². The molecule has 0 aromatic heterocycles. The monoisotopic (exact) mass is 249 g/mol. The molecule has 4 aliphatic carbocycles. The molecule has 0 heterocycles. The molecule has 4 fully saturated rings. The Bertz CT molecular complexity index is 305. The summed E-state index contributed by atoms with van der Waals surface area (Å²) in [6.07, 6.45) is 10.4. The van der Waals surface area contributed by atoms with Gasteiger partial charge in [-0.3, -0.25) is 0 Å². The molecule has 1 heteroatoms. The quantitative estimate of drug-likeness (QED) is 0.783. The summed E-state index contributed by atoms with van der Waals surface area (Å²) < 4.78 is 0. The van der Waals surface area contributed by atoms with Gasteiger partial charge in [-0.2, -0.15) is 0 Å². The van der Waals surface area contributed by atoms with Crippen molar-refractivity contribution in [1.82, 2.24) is 5.32 Å². The van der Waals surface area contributed by atoms with E-state index in [1.54, 1.807) is 0 Å². The van der Waals surface area contributed by atoms with Crippen molar-refractivity contribution in [2.45, 2.75) is 78.7 Å². The van der Waals surface area contributed by atoms with Gasteiger partial charge in [0.05, 0.1) is 0 Å². The maximum Gasteiger partial charge on any atom is 0.00410 e. The van der Waals surface area contributed by atoms with Gasteiger partial charge < -0.3 is 5.32 Å². The zero-order valence-corrected chi connectivity index (χ0v) is 13.0. The highest BCUT2D eigenvalue weighted by molar-refractivity contribution is 5.14. The fraction of sp³-hybridized carbons (Fsp3) is 1.00. The maximum atomic E-state index is 3.48. The Morgan fingerprint density at radius 3 is 1.56 bits per heavy atom. The molecule has 0 amide bonds. The molecule has 1 N–H and O–H groups in total. The Labute approximate surface area is 113 Å². The van der Waals surface area contributed by atoms with Crippen LogP contribution >= 0.6 is 0 Å². The molecule has 1 nitrogen and oxygen atoms in total. The Morgan fingerprint density at radius 2 is 1.22 bits per heavy atom. The summed E-state index contributed by atoms with van der Waals surface area (Å²) >= 11 is 0. The summed E-state index contributed by atoms with van der Waals surface area (Å²) in [5.74, 6) is 0. The van der Waals surface area contributed by atoms with Gasteiger partial charge in [-0.25, -0.2) is 0 Å². The summed E-state index contributed by atoms with van der Waals surface area (Å²) in [7, 11) is 2.12. The Balaban J connectivity index is 1.93. The lowest BCUT2D eigenvalue weighted by Gasteiger charge is -2.69. The SMILES string of the molecule is CNC(C)CC12CC3(C)CC(C)(CC(C)(C3)C1)C2. The van der Waals surface area contributed by atoms with Gasteiger partial charge in [-0.15, -0.1) is 0 Å². The molecule has 0 radical (unpaired) electrons. The van der Waals surface area contributed by atoms with E-state index in [2.05, 4.69) is 40.1 Å². The molecule has 4 rings (SSSR count). The molecule has 1 atom stereocenters.